The second kappa shape index (κ2) is 6.68. The predicted octanol–water partition coefficient (Wildman–Crippen LogP) is 1.36. The van der Waals surface area contributed by atoms with Gasteiger partial charge in [-0.3, -0.25) is 9.59 Å². The summed E-state index contributed by atoms with van der Waals surface area (Å²) in [6.07, 6.45) is 5.30. The summed E-state index contributed by atoms with van der Waals surface area (Å²) in [4.78, 5) is 26.2. The summed E-state index contributed by atoms with van der Waals surface area (Å²) in [6.45, 7) is 3.80. The zero-order valence-electron chi connectivity index (χ0n) is 13.8. The number of carbonyl (C=O) groups is 2. The van der Waals surface area contributed by atoms with Crippen LogP contribution in [0.2, 0.25) is 0 Å². The third kappa shape index (κ3) is 3.32. The Morgan fingerprint density at radius 1 is 1.32 bits per heavy atom. The Morgan fingerprint density at radius 2 is 2.12 bits per heavy atom. The number of aliphatic carboxylic acids is 1. The highest BCUT2D eigenvalue weighted by atomic mass is 16.4. The minimum absolute atomic E-state index is 0.0609. The number of aryl methyl sites for hydroxylation is 1. The lowest BCUT2D eigenvalue weighted by molar-refractivity contribution is -0.137. The number of nitrogens with zero attached hydrogens (tertiary/aromatic N) is 3. The first kappa shape index (κ1) is 16.6. The van der Waals surface area contributed by atoms with Gasteiger partial charge in [-0.2, -0.15) is 15.3 Å². The second-order valence-electron chi connectivity index (χ2n) is 5.75. The second-order valence-corrected chi connectivity index (χ2v) is 5.75. The summed E-state index contributed by atoms with van der Waals surface area (Å²) in [5.74, 6) is -1.14. The van der Waals surface area contributed by atoms with E-state index in [1.807, 2.05) is 13.8 Å². The molecule has 0 fully saturated rings. The van der Waals surface area contributed by atoms with Crippen molar-refractivity contribution in [2.45, 2.75) is 26.7 Å². The number of nitrogens with one attached hydrogen (secondary N) is 2. The number of hydrogen-bond acceptors (Lipinski definition) is 5. The highest BCUT2D eigenvalue weighted by Crippen LogP contribution is 2.24. The van der Waals surface area contributed by atoms with Gasteiger partial charge in [-0.1, -0.05) is 0 Å². The summed E-state index contributed by atoms with van der Waals surface area (Å²) in [6, 6.07) is 1.73. The molecule has 2 aromatic heterocycles. The smallest absolute Gasteiger partial charge is 0.303 e. The third-order valence-electron chi connectivity index (χ3n) is 4.14. The molecular weight excluding hydrogens is 322 g/mol. The van der Waals surface area contributed by atoms with Crippen molar-refractivity contribution in [1.82, 2.24) is 20.6 Å². The Balaban J connectivity index is 1.97. The first-order valence-electron chi connectivity index (χ1n) is 7.74. The van der Waals surface area contributed by atoms with E-state index in [1.54, 1.807) is 12.1 Å². The molecule has 3 rings (SSSR count). The lowest BCUT2D eigenvalue weighted by Crippen LogP contribution is -2.13. The van der Waals surface area contributed by atoms with Crippen LogP contribution in [0.5, 0.6) is 0 Å². The van der Waals surface area contributed by atoms with Crippen LogP contribution in [0.3, 0.4) is 0 Å². The molecule has 1 aliphatic heterocycles. The van der Waals surface area contributed by atoms with Crippen LogP contribution in [0, 0.1) is 13.8 Å². The lowest BCUT2D eigenvalue weighted by atomic mass is 10.0. The van der Waals surface area contributed by atoms with Crippen LogP contribution < -0.4 is 5.43 Å². The molecule has 2 aromatic rings. The van der Waals surface area contributed by atoms with Gasteiger partial charge >= 0.3 is 5.97 Å². The van der Waals surface area contributed by atoms with Gasteiger partial charge in [0.2, 0.25) is 0 Å². The van der Waals surface area contributed by atoms with E-state index in [-0.39, 0.29) is 12.3 Å². The molecular formula is C17H17N5O3. The van der Waals surface area contributed by atoms with Gasteiger partial charge in [0, 0.05) is 23.4 Å². The minimum Gasteiger partial charge on any atom is -0.481 e. The number of aromatic nitrogens is 3. The molecule has 25 heavy (non-hydrogen) atoms. The fourth-order valence-corrected chi connectivity index (χ4v) is 2.83. The molecule has 0 saturated heterocycles. The first-order chi connectivity index (χ1) is 12.0. The molecule has 0 aromatic carbocycles. The number of hydrazone groups is 1. The normalized spacial score (nSPS) is 15.4. The summed E-state index contributed by atoms with van der Waals surface area (Å²) in [5.41, 5.74) is 7.61. The molecule has 8 nitrogen and oxygen atoms in total. The highest BCUT2D eigenvalue weighted by molar-refractivity contribution is 6.33. The van der Waals surface area contributed by atoms with Crippen molar-refractivity contribution in [2.24, 2.45) is 5.10 Å². The molecule has 0 unspecified atom stereocenters. The van der Waals surface area contributed by atoms with Gasteiger partial charge in [0.05, 0.1) is 18.0 Å². The molecule has 0 spiro atoms. The fraction of sp³-hybridized carbons (Fsp3) is 0.235. The summed E-state index contributed by atoms with van der Waals surface area (Å²) in [5, 5.41) is 20.5. The third-order valence-corrected chi connectivity index (χ3v) is 4.14. The van der Waals surface area contributed by atoms with E-state index in [2.05, 4.69) is 25.7 Å². The predicted molar refractivity (Wildman–Crippen MR) is 90.9 cm³/mol. The van der Waals surface area contributed by atoms with Crippen LogP contribution in [0.1, 0.15) is 34.5 Å². The molecule has 0 atom stereocenters. The van der Waals surface area contributed by atoms with Crippen molar-refractivity contribution >= 4 is 23.7 Å². The van der Waals surface area contributed by atoms with Crippen molar-refractivity contribution in [3.63, 3.8) is 0 Å². The average molecular weight is 339 g/mol. The van der Waals surface area contributed by atoms with Gasteiger partial charge in [-0.25, -0.2) is 5.43 Å². The van der Waals surface area contributed by atoms with Gasteiger partial charge in [0.1, 0.15) is 5.71 Å². The molecule has 0 saturated carbocycles. The Bertz CT molecular complexity index is 897. The van der Waals surface area contributed by atoms with Crippen molar-refractivity contribution < 1.29 is 14.7 Å². The minimum atomic E-state index is -0.838. The number of carbonyl (C=O) groups excluding carboxylic acids is 1. The Kier molecular flexibility index (Phi) is 4.42. The molecule has 128 valence electrons. The maximum absolute atomic E-state index is 12.2. The van der Waals surface area contributed by atoms with E-state index in [9.17, 15) is 9.59 Å². The molecule has 0 radical (unpaired) electrons. The monoisotopic (exact) mass is 339 g/mol. The van der Waals surface area contributed by atoms with Crippen molar-refractivity contribution in [1.29, 1.82) is 0 Å². The summed E-state index contributed by atoms with van der Waals surface area (Å²) >= 11 is 0. The SMILES string of the molecule is Cc1[nH]c(/C=C2/C(=O)NN=C2c2ccnnc2)c(C)c1CCC(=O)O. The number of hydrogen-bond donors (Lipinski definition) is 3. The molecule has 0 aliphatic carbocycles. The van der Waals surface area contributed by atoms with E-state index in [1.165, 1.54) is 12.4 Å². The van der Waals surface area contributed by atoms with Crippen LogP contribution in [0.25, 0.3) is 6.08 Å². The lowest BCUT2D eigenvalue weighted by Gasteiger charge is -2.02. The van der Waals surface area contributed by atoms with E-state index in [4.69, 9.17) is 5.11 Å². The fourth-order valence-electron chi connectivity index (χ4n) is 2.83. The quantitative estimate of drug-likeness (QED) is 0.710. The molecule has 8 heteroatoms. The van der Waals surface area contributed by atoms with E-state index in [0.717, 1.165) is 22.5 Å². The maximum atomic E-state index is 12.2. The largest absolute Gasteiger partial charge is 0.481 e. The van der Waals surface area contributed by atoms with Gasteiger partial charge in [0.25, 0.3) is 5.91 Å². The molecule has 3 heterocycles. The number of amides is 1. The van der Waals surface area contributed by atoms with Crippen LogP contribution in [0.15, 0.2) is 29.1 Å². The van der Waals surface area contributed by atoms with E-state index >= 15 is 0 Å². The van der Waals surface area contributed by atoms with Crippen LogP contribution >= 0.6 is 0 Å². The number of rotatable bonds is 5. The maximum Gasteiger partial charge on any atom is 0.303 e. The topological polar surface area (TPSA) is 120 Å². The first-order valence-corrected chi connectivity index (χ1v) is 7.74. The van der Waals surface area contributed by atoms with Gasteiger partial charge < -0.3 is 10.1 Å². The molecule has 1 aliphatic rings. The van der Waals surface area contributed by atoms with Crippen molar-refractivity contribution in [3.8, 4) is 0 Å². The van der Waals surface area contributed by atoms with E-state index < -0.39 is 5.97 Å². The van der Waals surface area contributed by atoms with Crippen molar-refractivity contribution in [2.75, 3.05) is 0 Å². The number of carboxylic acid groups (broad SMARTS) is 1. The molecule has 1 amide bonds. The molecule has 3 N–H and O–H groups in total. The van der Waals surface area contributed by atoms with Gasteiger partial charge in [-0.05, 0) is 43.5 Å². The van der Waals surface area contributed by atoms with Crippen LogP contribution in [0.4, 0.5) is 0 Å². The Morgan fingerprint density at radius 3 is 2.80 bits per heavy atom. The van der Waals surface area contributed by atoms with E-state index in [0.29, 0.717) is 23.3 Å². The van der Waals surface area contributed by atoms with Gasteiger partial charge in [-0.15, -0.1) is 0 Å². The average Bonchev–Trinajstić information content (AvgIpc) is 3.07. The Labute approximate surface area is 143 Å². The molecule has 0 bridgehead atoms. The summed E-state index contributed by atoms with van der Waals surface area (Å²) in [7, 11) is 0. The van der Waals surface area contributed by atoms with Crippen molar-refractivity contribution in [3.05, 3.63) is 52.1 Å². The number of carboxylic acids is 1. The summed E-state index contributed by atoms with van der Waals surface area (Å²) < 4.78 is 0. The van der Waals surface area contributed by atoms with Crippen LogP contribution in [-0.4, -0.2) is 37.9 Å². The van der Waals surface area contributed by atoms with Gasteiger partial charge in [0.15, 0.2) is 0 Å². The van der Waals surface area contributed by atoms with Crippen LogP contribution in [-0.2, 0) is 16.0 Å². The Hall–Kier alpha value is -3.29. The number of aromatic amines is 1. The highest BCUT2D eigenvalue weighted by Gasteiger charge is 2.25. The standard InChI is InChI=1S/C17H17N5O3/c1-9-12(3-4-15(23)24)10(2)20-14(9)7-13-16(21-22-17(13)25)11-5-6-18-19-8-11/h5-8,20H,3-4H2,1-2H3,(H,22,25)(H,23,24)/b13-7+. The zero-order chi connectivity index (χ0) is 18.0. The zero-order valence-corrected chi connectivity index (χ0v) is 13.8. The number of H-pyrrole nitrogens is 1.